The van der Waals surface area contributed by atoms with Crippen molar-refractivity contribution in [1.29, 1.82) is 0 Å². The molecule has 0 spiro atoms. The third-order valence-electron chi connectivity index (χ3n) is 1.81. The van der Waals surface area contributed by atoms with Crippen LogP contribution in [0.3, 0.4) is 0 Å². The molecule has 2 aliphatic rings. The van der Waals surface area contributed by atoms with Crippen molar-refractivity contribution < 1.29 is 14.2 Å². The number of epoxide rings is 1. The topological polar surface area (TPSA) is 31.0 Å². The van der Waals surface area contributed by atoms with E-state index in [4.69, 9.17) is 14.2 Å². The summed E-state index contributed by atoms with van der Waals surface area (Å²) >= 11 is 0. The predicted octanol–water partition coefficient (Wildman–Crippen LogP) is 0.191. The van der Waals surface area contributed by atoms with Crippen molar-refractivity contribution in [2.75, 3.05) is 26.4 Å². The first-order valence-corrected chi connectivity index (χ1v) is 3.76. The van der Waals surface area contributed by atoms with E-state index in [-0.39, 0.29) is 0 Å². The minimum atomic E-state index is 0.337. The van der Waals surface area contributed by atoms with Gasteiger partial charge in [-0.05, 0) is 6.42 Å². The Labute approximate surface area is 60.3 Å². The molecule has 0 aromatic carbocycles. The molecule has 58 valence electrons. The largest absolute Gasteiger partial charge is 0.379 e. The maximum Gasteiger partial charge on any atom is 0.104 e. The molecule has 2 aliphatic heterocycles. The van der Waals surface area contributed by atoms with Crippen molar-refractivity contribution in [2.45, 2.75) is 18.6 Å². The van der Waals surface area contributed by atoms with Gasteiger partial charge < -0.3 is 14.2 Å². The molecule has 0 aromatic rings. The summed E-state index contributed by atoms with van der Waals surface area (Å²) in [5.74, 6) is 0. The van der Waals surface area contributed by atoms with Gasteiger partial charge in [0, 0.05) is 6.61 Å². The Bertz CT molecular complexity index is 105. The lowest BCUT2D eigenvalue weighted by Crippen LogP contribution is -2.15. The smallest absolute Gasteiger partial charge is 0.104 e. The van der Waals surface area contributed by atoms with E-state index in [1.807, 2.05) is 0 Å². The fraction of sp³-hybridized carbons (Fsp3) is 1.00. The molecule has 0 bridgehead atoms. The maximum absolute atomic E-state index is 5.48. The van der Waals surface area contributed by atoms with Crippen LogP contribution in [0.25, 0.3) is 0 Å². The monoisotopic (exact) mass is 144 g/mol. The van der Waals surface area contributed by atoms with Crippen LogP contribution in [0.1, 0.15) is 6.42 Å². The second-order valence-electron chi connectivity index (χ2n) is 2.77. The fourth-order valence-corrected chi connectivity index (χ4v) is 1.05. The van der Waals surface area contributed by atoms with Gasteiger partial charge in [-0.1, -0.05) is 0 Å². The van der Waals surface area contributed by atoms with Crippen LogP contribution in [0, 0.1) is 0 Å². The summed E-state index contributed by atoms with van der Waals surface area (Å²) in [6.07, 6.45) is 1.77. The standard InChI is InChI=1S/C7H12O3/c1-2-8-3-6(1)9-4-7-5-10-7/h6-7H,1-5H2/t6-,7+/m0/s1. The van der Waals surface area contributed by atoms with E-state index in [0.29, 0.717) is 12.2 Å². The minimum absolute atomic E-state index is 0.337. The van der Waals surface area contributed by atoms with Crippen LogP contribution < -0.4 is 0 Å². The Morgan fingerprint density at radius 2 is 2.30 bits per heavy atom. The number of ether oxygens (including phenoxy) is 3. The lowest BCUT2D eigenvalue weighted by Gasteiger charge is -2.06. The average Bonchev–Trinajstić information content (AvgIpc) is 2.63. The van der Waals surface area contributed by atoms with Gasteiger partial charge in [0.1, 0.15) is 6.10 Å². The highest BCUT2D eigenvalue weighted by Crippen LogP contribution is 2.13. The van der Waals surface area contributed by atoms with Crippen LogP contribution in [0.5, 0.6) is 0 Å². The van der Waals surface area contributed by atoms with E-state index in [9.17, 15) is 0 Å². The molecule has 0 amide bonds. The summed E-state index contributed by atoms with van der Waals surface area (Å²) in [4.78, 5) is 0. The fourth-order valence-electron chi connectivity index (χ4n) is 1.05. The number of rotatable bonds is 3. The first kappa shape index (κ1) is 6.58. The lowest BCUT2D eigenvalue weighted by atomic mass is 10.3. The van der Waals surface area contributed by atoms with E-state index >= 15 is 0 Å². The summed E-state index contributed by atoms with van der Waals surface area (Å²) < 4.78 is 15.6. The zero-order valence-corrected chi connectivity index (χ0v) is 5.91. The Morgan fingerprint density at radius 1 is 1.40 bits per heavy atom. The molecular formula is C7H12O3. The van der Waals surface area contributed by atoms with Gasteiger partial charge in [-0.25, -0.2) is 0 Å². The molecule has 0 radical (unpaired) electrons. The first-order chi connectivity index (χ1) is 4.95. The summed E-state index contributed by atoms with van der Waals surface area (Å²) in [5, 5.41) is 0. The van der Waals surface area contributed by atoms with E-state index in [1.165, 1.54) is 0 Å². The molecule has 0 aliphatic carbocycles. The molecule has 2 rings (SSSR count). The average molecular weight is 144 g/mol. The zero-order valence-electron chi connectivity index (χ0n) is 5.91. The highest BCUT2D eigenvalue weighted by molar-refractivity contribution is 4.70. The van der Waals surface area contributed by atoms with Gasteiger partial charge in [0.15, 0.2) is 0 Å². The Kier molecular flexibility index (Phi) is 1.88. The van der Waals surface area contributed by atoms with E-state index in [0.717, 1.165) is 32.8 Å². The van der Waals surface area contributed by atoms with E-state index in [2.05, 4.69) is 0 Å². The summed E-state index contributed by atoms with van der Waals surface area (Å²) in [6, 6.07) is 0. The summed E-state index contributed by atoms with van der Waals surface area (Å²) in [6.45, 7) is 3.27. The second kappa shape index (κ2) is 2.86. The van der Waals surface area contributed by atoms with Crippen LogP contribution in [-0.4, -0.2) is 38.6 Å². The van der Waals surface area contributed by atoms with Crippen molar-refractivity contribution in [3.05, 3.63) is 0 Å². The van der Waals surface area contributed by atoms with Gasteiger partial charge >= 0.3 is 0 Å². The highest BCUT2D eigenvalue weighted by Gasteiger charge is 2.25. The molecule has 10 heavy (non-hydrogen) atoms. The van der Waals surface area contributed by atoms with Crippen LogP contribution >= 0.6 is 0 Å². The van der Waals surface area contributed by atoms with Crippen molar-refractivity contribution in [1.82, 2.24) is 0 Å². The van der Waals surface area contributed by atoms with Crippen molar-refractivity contribution in [3.63, 3.8) is 0 Å². The molecule has 2 heterocycles. The zero-order chi connectivity index (χ0) is 6.81. The molecule has 2 fully saturated rings. The van der Waals surface area contributed by atoms with Crippen LogP contribution in [0.15, 0.2) is 0 Å². The first-order valence-electron chi connectivity index (χ1n) is 3.76. The molecule has 2 saturated heterocycles. The molecule has 0 unspecified atom stereocenters. The van der Waals surface area contributed by atoms with Crippen LogP contribution in [-0.2, 0) is 14.2 Å². The molecule has 3 nitrogen and oxygen atoms in total. The molecule has 0 N–H and O–H groups in total. The lowest BCUT2D eigenvalue weighted by molar-refractivity contribution is 0.0340. The van der Waals surface area contributed by atoms with E-state index < -0.39 is 0 Å². The summed E-state index contributed by atoms with van der Waals surface area (Å²) in [7, 11) is 0. The van der Waals surface area contributed by atoms with Crippen LogP contribution in [0.4, 0.5) is 0 Å². The van der Waals surface area contributed by atoms with Gasteiger partial charge in [0.2, 0.25) is 0 Å². The number of hydrogen-bond donors (Lipinski definition) is 0. The predicted molar refractivity (Wildman–Crippen MR) is 34.9 cm³/mol. The SMILES string of the molecule is C1C[C@H](OC[C@@H]2CO2)CO1. The Balaban J connectivity index is 1.59. The quantitative estimate of drug-likeness (QED) is 0.530. The Morgan fingerprint density at radius 3 is 2.90 bits per heavy atom. The van der Waals surface area contributed by atoms with Gasteiger partial charge in [-0.2, -0.15) is 0 Å². The molecule has 2 atom stereocenters. The van der Waals surface area contributed by atoms with Crippen molar-refractivity contribution >= 4 is 0 Å². The minimum Gasteiger partial charge on any atom is -0.379 e. The van der Waals surface area contributed by atoms with Gasteiger partial charge in [0.25, 0.3) is 0 Å². The maximum atomic E-state index is 5.48. The van der Waals surface area contributed by atoms with Crippen molar-refractivity contribution in [2.24, 2.45) is 0 Å². The third-order valence-corrected chi connectivity index (χ3v) is 1.81. The molecular weight excluding hydrogens is 132 g/mol. The summed E-state index contributed by atoms with van der Waals surface area (Å²) in [5.41, 5.74) is 0. The van der Waals surface area contributed by atoms with Gasteiger partial charge in [0.05, 0.1) is 25.9 Å². The Hall–Kier alpha value is -0.120. The molecule has 0 aromatic heterocycles. The van der Waals surface area contributed by atoms with Crippen LogP contribution in [0.2, 0.25) is 0 Å². The van der Waals surface area contributed by atoms with Gasteiger partial charge in [-0.15, -0.1) is 0 Å². The highest BCUT2D eigenvalue weighted by atomic mass is 16.6. The molecule has 0 saturated carbocycles. The molecule has 3 heteroatoms. The van der Waals surface area contributed by atoms with Crippen molar-refractivity contribution in [3.8, 4) is 0 Å². The van der Waals surface area contributed by atoms with Gasteiger partial charge in [-0.3, -0.25) is 0 Å². The normalized spacial score (nSPS) is 38.4. The second-order valence-corrected chi connectivity index (χ2v) is 2.77. The number of hydrogen-bond acceptors (Lipinski definition) is 3. The third kappa shape index (κ3) is 1.68. The van der Waals surface area contributed by atoms with E-state index in [1.54, 1.807) is 0 Å².